The smallest absolute Gasteiger partial charge is 0.269 e. The molecule has 1 N–H and O–H groups in total. The number of nitro benzene ring substituents is 1. The van der Waals surface area contributed by atoms with Crippen molar-refractivity contribution in [1.82, 2.24) is 0 Å². The van der Waals surface area contributed by atoms with Crippen molar-refractivity contribution in [3.8, 4) is 0 Å². The molecule has 6 heteroatoms. The van der Waals surface area contributed by atoms with Crippen LogP contribution in [0.1, 0.15) is 31.9 Å². The van der Waals surface area contributed by atoms with E-state index < -0.39 is 13.2 Å². The highest BCUT2D eigenvalue weighted by atomic mass is 28.4. The van der Waals surface area contributed by atoms with E-state index in [1.54, 1.807) is 6.07 Å². The molecule has 0 radical (unpaired) electrons. The Labute approximate surface area is 178 Å². The van der Waals surface area contributed by atoms with Crippen molar-refractivity contribution in [2.75, 3.05) is 0 Å². The van der Waals surface area contributed by atoms with Gasteiger partial charge in [-0.1, -0.05) is 81.4 Å². The standard InChI is InChI=1S/C24H27NO4Si/c1-24(2,3)30(22-10-6-4-7-11-22,23-12-8-5-9-13-23)29-18-19-14-15-21(25(27)28)16-20(19)17-26/h4-16,26H,17-18H2,1-3H3. The van der Waals surface area contributed by atoms with E-state index in [1.165, 1.54) is 12.1 Å². The maximum Gasteiger partial charge on any atom is 0.269 e. The van der Waals surface area contributed by atoms with Crippen LogP contribution < -0.4 is 10.4 Å². The summed E-state index contributed by atoms with van der Waals surface area (Å²) in [6.45, 7) is 6.58. The lowest BCUT2D eigenvalue weighted by molar-refractivity contribution is -0.385. The van der Waals surface area contributed by atoms with Gasteiger partial charge in [-0.2, -0.15) is 0 Å². The van der Waals surface area contributed by atoms with E-state index in [1.807, 2.05) is 36.4 Å². The lowest BCUT2D eigenvalue weighted by Gasteiger charge is -2.43. The lowest BCUT2D eigenvalue weighted by atomic mass is 10.1. The first kappa shape index (κ1) is 21.9. The number of hydrogen-bond acceptors (Lipinski definition) is 4. The van der Waals surface area contributed by atoms with Crippen LogP contribution in [0.2, 0.25) is 5.04 Å². The summed E-state index contributed by atoms with van der Waals surface area (Å²) < 4.78 is 6.85. The number of nitrogens with zero attached hydrogens (tertiary/aromatic N) is 1. The number of benzene rings is 3. The van der Waals surface area contributed by atoms with Gasteiger partial charge in [0.15, 0.2) is 0 Å². The zero-order valence-electron chi connectivity index (χ0n) is 17.5. The highest BCUT2D eigenvalue weighted by Crippen LogP contribution is 2.37. The largest absolute Gasteiger partial charge is 0.403 e. The summed E-state index contributed by atoms with van der Waals surface area (Å²) >= 11 is 0. The van der Waals surface area contributed by atoms with Gasteiger partial charge in [-0.3, -0.25) is 10.1 Å². The Morgan fingerprint density at radius 2 is 1.43 bits per heavy atom. The van der Waals surface area contributed by atoms with Gasteiger partial charge in [0.25, 0.3) is 14.0 Å². The molecule has 0 amide bonds. The highest BCUT2D eigenvalue weighted by molar-refractivity contribution is 6.99. The fraction of sp³-hybridized carbons (Fsp3) is 0.250. The molecule has 0 aromatic heterocycles. The fourth-order valence-corrected chi connectivity index (χ4v) is 8.49. The van der Waals surface area contributed by atoms with Crippen molar-refractivity contribution in [3.63, 3.8) is 0 Å². The van der Waals surface area contributed by atoms with E-state index in [4.69, 9.17) is 4.43 Å². The molecule has 3 rings (SSSR count). The summed E-state index contributed by atoms with van der Waals surface area (Å²) in [4.78, 5) is 10.6. The SMILES string of the molecule is CC(C)(C)[Si](OCc1ccc([N+](=O)[O-])cc1CO)(c1ccccc1)c1ccccc1. The van der Waals surface area contributed by atoms with Gasteiger partial charge < -0.3 is 9.53 Å². The lowest BCUT2D eigenvalue weighted by Crippen LogP contribution is -2.66. The molecule has 0 unspecified atom stereocenters. The van der Waals surface area contributed by atoms with Crippen LogP contribution in [0.3, 0.4) is 0 Å². The molecular formula is C24H27NO4Si. The van der Waals surface area contributed by atoms with Gasteiger partial charge in [0.05, 0.1) is 18.1 Å². The van der Waals surface area contributed by atoms with Crippen molar-refractivity contribution in [1.29, 1.82) is 0 Å². The van der Waals surface area contributed by atoms with Crippen LogP contribution >= 0.6 is 0 Å². The van der Waals surface area contributed by atoms with E-state index in [-0.39, 0.29) is 23.9 Å². The third kappa shape index (κ3) is 4.21. The first-order valence-corrected chi connectivity index (χ1v) is 11.8. The Kier molecular flexibility index (Phi) is 6.51. The molecule has 0 heterocycles. The monoisotopic (exact) mass is 421 g/mol. The summed E-state index contributed by atoms with van der Waals surface area (Å²) in [6, 6.07) is 25.1. The molecule has 3 aromatic rings. The summed E-state index contributed by atoms with van der Waals surface area (Å²) in [5.74, 6) is 0. The Balaban J connectivity index is 2.10. The average Bonchev–Trinajstić information content (AvgIpc) is 2.74. The third-order valence-corrected chi connectivity index (χ3v) is 10.4. The van der Waals surface area contributed by atoms with Gasteiger partial charge in [-0.15, -0.1) is 0 Å². The molecule has 5 nitrogen and oxygen atoms in total. The van der Waals surface area contributed by atoms with E-state index in [9.17, 15) is 15.2 Å². The van der Waals surface area contributed by atoms with Crippen LogP contribution in [0.4, 0.5) is 5.69 Å². The first-order chi connectivity index (χ1) is 14.3. The quantitative estimate of drug-likeness (QED) is 0.353. The van der Waals surface area contributed by atoms with E-state index in [0.717, 1.165) is 15.9 Å². The summed E-state index contributed by atoms with van der Waals surface area (Å²) in [5.41, 5.74) is 1.24. The Morgan fingerprint density at radius 3 is 1.87 bits per heavy atom. The summed E-state index contributed by atoms with van der Waals surface area (Å²) in [5, 5.41) is 23.0. The number of rotatable bonds is 7. The van der Waals surface area contributed by atoms with Crippen molar-refractivity contribution in [2.24, 2.45) is 0 Å². The minimum atomic E-state index is -2.72. The van der Waals surface area contributed by atoms with Crippen molar-refractivity contribution >= 4 is 24.4 Å². The second-order valence-corrected chi connectivity index (χ2v) is 12.6. The predicted molar refractivity (Wildman–Crippen MR) is 121 cm³/mol. The third-order valence-electron chi connectivity index (χ3n) is 5.43. The molecule has 30 heavy (non-hydrogen) atoms. The van der Waals surface area contributed by atoms with Crippen molar-refractivity contribution < 1.29 is 14.5 Å². The average molecular weight is 422 g/mol. The van der Waals surface area contributed by atoms with Gasteiger partial charge in [-0.25, -0.2) is 0 Å². The Bertz CT molecular complexity index is 961. The fourth-order valence-electron chi connectivity index (χ4n) is 3.96. The molecule has 3 aromatic carbocycles. The second-order valence-electron chi connectivity index (χ2n) is 8.32. The van der Waals surface area contributed by atoms with Gasteiger partial charge in [0.1, 0.15) is 0 Å². The molecule has 0 aliphatic heterocycles. The van der Waals surface area contributed by atoms with E-state index in [2.05, 4.69) is 45.0 Å². The number of hydrogen-bond donors (Lipinski definition) is 1. The molecular weight excluding hydrogens is 394 g/mol. The van der Waals surface area contributed by atoms with Crippen LogP contribution in [0.5, 0.6) is 0 Å². The number of non-ortho nitro benzene ring substituents is 1. The summed E-state index contributed by atoms with van der Waals surface area (Å²) in [7, 11) is -2.72. The van der Waals surface area contributed by atoms with Crippen molar-refractivity contribution in [3.05, 3.63) is 100 Å². The molecule has 0 aliphatic rings. The van der Waals surface area contributed by atoms with Crippen LogP contribution in [0.25, 0.3) is 0 Å². The molecule has 0 atom stereocenters. The Hall–Kier alpha value is -2.80. The minimum absolute atomic E-state index is 0.0340. The molecule has 156 valence electrons. The highest BCUT2D eigenvalue weighted by Gasteiger charge is 2.50. The minimum Gasteiger partial charge on any atom is -0.403 e. The summed E-state index contributed by atoms with van der Waals surface area (Å²) in [6.07, 6.45) is 0. The molecule has 0 fully saturated rings. The molecule has 0 aliphatic carbocycles. The second kappa shape index (κ2) is 8.91. The molecule has 0 bridgehead atoms. The van der Waals surface area contributed by atoms with Crippen LogP contribution in [-0.2, 0) is 17.6 Å². The van der Waals surface area contributed by atoms with Crippen molar-refractivity contribution in [2.45, 2.75) is 39.0 Å². The normalized spacial score (nSPS) is 12.0. The molecule has 0 spiro atoms. The maximum absolute atomic E-state index is 11.1. The Morgan fingerprint density at radius 1 is 0.900 bits per heavy atom. The topological polar surface area (TPSA) is 72.6 Å². The number of aliphatic hydroxyl groups excluding tert-OH is 1. The zero-order valence-corrected chi connectivity index (χ0v) is 18.5. The van der Waals surface area contributed by atoms with Crippen LogP contribution in [0, 0.1) is 10.1 Å². The van der Waals surface area contributed by atoms with Gasteiger partial charge in [0.2, 0.25) is 0 Å². The maximum atomic E-state index is 11.1. The number of nitro groups is 1. The predicted octanol–water partition coefficient (Wildman–Crippen LogP) is 4.16. The number of aliphatic hydroxyl groups is 1. The van der Waals surface area contributed by atoms with Crippen LogP contribution in [-0.4, -0.2) is 18.3 Å². The molecule has 0 saturated carbocycles. The van der Waals surface area contributed by atoms with Crippen LogP contribution in [0.15, 0.2) is 78.9 Å². The zero-order chi connectivity index (χ0) is 21.8. The van der Waals surface area contributed by atoms with Gasteiger partial charge in [0, 0.05) is 12.1 Å². The van der Waals surface area contributed by atoms with E-state index >= 15 is 0 Å². The van der Waals surface area contributed by atoms with Gasteiger partial charge >= 0.3 is 0 Å². The van der Waals surface area contributed by atoms with E-state index in [0.29, 0.717) is 5.56 Å². The molecule has 0 saturated heterocycles. The first-order valence-electron chi connectivity index (χ1n) is 9.91. The van der Waals surface area contributed by atoms with Gasteiger partial charge in [-0.05, 0) is 32.6 Å².